The minimum Gasteiger partial charge on any atom is -0.396 e. The lowest BCUT2D eigenvalue weighted by Crippen LogP contribution is -2.24. The summed E-state index contributed by atoms with van der Waals surface area (Å²) in [6, 6.07) is 1.47. The van der Waals surface area contributed by atoms with Gasteiger partial charge in [0.25, 0.3) is 5.91 Å². The number of aliphatic hydroxyl groups excluding tert-OH is 1. The molecule has 0 aliphatic carbocycles. The summed E-state index contributed by atoms with van der Waals surface area (Å²) < 4.78 is 0. The number of rotatable bonds is 5. The van der Waals surface area contributed by atoms with Gasteiger partial charge in [0.05, 0.1) is 0 Å². The molecule has 0 saturated heterocycles. The van der Waals surface area contributed by atoms with Gasteiger partial charge in [0.2, 0.25) is 0 Å². The molecule has 0 unspecified atom stereocenters. The smallest absolute Gasteiger partial charge is 0.269 e. The number of nitrogen functional groups attached to an aromatic ring is 1. The van der Waals surface area contributed by atoms with E-state index in [9.17, 15) is 4.79 Å². The molecule has 0 aromatic carbocycles. The maximum atomic E-state index is 11.3. The summed E-state index contributed by atoms with van der Waals surface area (Å²) >= 11 is 0. The van der Waals surface area contributed by atoms with Gasteiger partial charge in [0.1, 0.15) is 11.5 Å². The topological polar surface area (TPSA) is 104 Å². The van der Waals surface area contributed by atoms with Gasteiger partial charge in [0.15, 0.2) is 0 Å². The van der Waals surface area contributed by atoms with Crippen LogP contribution in [-0.2, 0) is 0 Å². The summed E-state index contributed by atoms with van der Waals surface area (Å²) in [6.45, 7) is 0.686. The standard InChI is InChI=1S/C8H14N4O2/c9-7-5-6(11-12-7)8(14)10-3-1-2-4-13/h5,13H,1-4H2,(H,10,14)(H3,9,11,12). The fourth-order valence-electron chi connectivity index (χ4n) is 0.987. The second kappa shape index (κ2) is 5.23. The number of aromatic amines is 1. The van der Waals surface area contributed by atoms with E-state index in [4.69, 9.17) is 10.8 Å². The number of unbranched alkanes of at least 4 members (excludes halogenated alkanes) is 1. The summed E-state index contributed by atoms with van der Waals surface area (Å²) in [6.07, 6.45) is 1.44. The maximum absolute atomic E-state index is 11.3. The largest absolute Gasteiger partial charge is 0.396 e. The molecule has 1 aromatic heterocycles. The highest BCUT2D eigenvalue weighted by molar-refractivity contribution is 5.92. The third kappa shape index (κ3) is 3.06. The van der Waals surface area contributed by atoms with Crippen LogP contribution >= 0.6 is 0 Å². The summed E-state index contributed by atoms with van der Waals surface area (Å²) in [7, 11) is 0. The van der Waals surface area contributed by atoms with Crippen LogP contribution in [0.5, 0.6) is 0 Å². The van der Waals surface area contributed by atoms with E-state index in [0.717, 1.165) is 6.42 Å². The molecular formula is C8H14N4O2. The Labute approximate surface area is 81.5 Å². The highest BCUT2D eigenvalue weighted by Gasteiger charge is 2.06. The number of aliphatic hydroxyl groups is 1. The molecule has 14 heavy (non-hydrogen) atoms. The Kier molecular flexibility index (Phi) is 3.93. The van der Waals surface area contributed by atoms with E-state index in [0.29, 0.717) is 24.5 Å². The highest BCUT2D eigenvalue weighted by atomic mass is 16.2. The Morgan fingerprint density at radius 2 is 2.43 bits per heavy atom. The molecule has 1 rings (SSSR count). The quantitative estimate of drug-likeness (QED) is 0.478. The third-order valence-corrected chi connectivity index (χ3v) is 1.71. The number of anilines is 1. The van der Waals surface area contributed by atoms with Crippen molar-refractivity contribution < 1.29 is 9.90 Å². The molecule has 1 heterocycles. The second-order valence-electron chi connectivity index (χ2n) is 2.89. The molecule has 0 spiro atoms. The van der Waals surface area contributed by atoms with E-state index in [1.807, 2.05) is 0 Å². The predicted molar refractivity (Wildman–Crippen MR) is 51.7 cm³/mol. The zero-order chi connectivity index (χ0) is 10.4. The first kappa shape index (κ1) is 10.5. The number of H-pyrrole nitrogens is 1. The zero-order valence-electron chi connectivity index (χ0n) is 7.79. The maximum Gasteiger partial charge on any atom is 0.269 e. The van der Waals surface area contributed by atoms with E-state index in [1.165, 1.54) is 6.07 Å². The van der Waals surface area contributed by atoms with Gasteiger partial charge in [-0.2, -0.15) is 5.10 Å². The number of hydrogen-bond acceptors (Lipinski definition) is 4. The Hall–Kier alpha value is -1.56. The van der Waals surface area contributed by atoms with E-state index in [2.05, 4.69) is 15.5 Å². The first-order valence-electron chi connectivity index (χ1n) is 4.44. The van der Waals surface area contributed by atoms with E-state index < -0.39 is 0 Å². The van der Waals surface area contributed by atoms with Crippen LogP contribution in [0.1, 0.15) is 23.3 Å². The van der Waals surface area contributed by atoms with Crippen molar-refractivity contribution in [2.75, 3.05) is 18.9 Å². The molecule has 5 N–H and O–H groups in total. The van der Waals surface area contributed by atoms with Crippen molar-refractivity contribution in [3.8, 4) is 0 Å². The van der Waals surface area contributed by atoms with E-state index in [-0.39, 0.29) is 12.5 Å². The van der Waals surface area contributed by atoms with Crippen LogP contribution in [0.25, 0.3) is 0 Å². The first-order chi connectivity index (χ1) is 6.74. The lowest BCUT2D eigenvalue weighted by molar-refractivity contribution is 0.0947. The van der Waals surface area contributed by atoms with Crippen LogP contribution in [0, 0.1) is 0 Å². The van der Waals surface area contributed by atoms with Gasteiger partial charge in [-0.3, -0.25) is 9.89 Å². The average Bonchev–Trinajstić information content (AvgIpc) is 2.59. The number of aromatic nitrogens is 2. The van der Waals surface area contributed by atoms with Crippen molar-refractivity contribution in [1.82, 2.24) is 15.5 Å². The Bertz CT molecular complexity index is 297. The lowest BCUT2D eigenvalue weighted by atomic mass is 10.3. The van der Waals surface area contributed by atoms with E-state index >= 15 is 0 Å². The molecule has 0 aliphatic heterocycles. The number of hydrogen-bond donors (Lipinski definition) is 4. The molecule has 0 fully saturated rings. The molecule has 1 aromatic rings. The molecule has 0 radical (unpaired) electrons. The number of nitrogens with one attached hydrogen (secondary N) is 2. The molecule has 78 valence electrons. The van der Waals surface area contributed by atoms with Crippen molar-refractivity contribution in [2.45, 2.75) is 12.8 Å². The Morgan fingerprint density at radius 3 is 3.00 bits per heavy atom. The molecule has 1 amide bonds. The van der Waals surface area contributed by atoms with Crippen LogP contribution in [0.4, 0.5) is 5.82 Å². The highest BCUT2D eigenvalue weighted by Crippen LogP contribution is 1.99. The molecule has 0 aliphatic rings. The van der Waals surface area contributed by atoms with Gasteiger partial charge in [-0.15, -0.1) is 0 Å². The molecule has 0 bridgehead atoms. The summed E-state index contributed by atoms with van der Waals surface area (Å²) in [5, 5.41) is 17.3. The minimum atomic E-state index is -0.230. The monoisotopic (exact) mass is 198 g/mol. The van der Waals surface area contributed by atoms with Gasteiger partial charge >= 0.3 is 0 Å². The fraction of sp³-hybridized carbons (Fsp3) is 0.500. The van der Waals surface area contributed by atoms with Crippen molar-refractivity contribution in [3.63, 3.8) is 0 Å². The van der Waals surface area contributed by atoms with Crippen LogP contribution in [0.15, 0.2) is 6.07 Å². The SMILES string of the molecule is Nc1cc(C(=O)NCCCCO)[nH]n1. The van der Waals surface area contributed by atoms with Gasteiger partial charge in [-0.05, 0) is 12.8 Å². The normalized spacial score (nSPS) is 10.1. The van der Waals surface area contributed by atoms with Crippen molar-refractivity contribution in [2.24, 2.45) is 0 Å². The molecule has 0 atom stereocenters. The third-order valence-electron chi connectivity index (χ3n) is 1.71. The fourth-order valence-corrected chi connectivity index (χ4v) is 0.987. The number of carbonyl (C=O) groups excluding carboxylic acids is 1. The number of nitrogens with zero attached hydrogens (tertiary/aromatic N) is 1. The van der Waals surface area contributed by atoms with Crippen LogP contribution < -0.4 is 11.1 Å². The molecule has 6 heteroatoms. The number of amides is 1. The second-order valence-corrected chi connectivity index (χ2v) is 2.89. The summed E-state index contributed by atoms with van der Waals surface area (Å²) in [5.41, 5.74) is 5.69. The first-order valence-corrected chi connectivity index (χ1v) is 4.44. The van der Waals surface area contributed by atoms with Crippen LogP contribution in [-0.4, -0.2) is 34.4 Å². The number of carbonyl (C=O) groups is 1. The number of nitrogens with two attached hydrogens (primary N) is 1. The van der Waals surface area contributed by atoms with Gasteiger partial charge in [0, 0.05) is 19.2 Å². The Morgan fingerprint density at radius 1 is 1.64 bits per heavy atom. The summed E-state index contributed by atoms with van der Waals surface area (Å²) in [5.74, 6) is 0.0673. The van der Waals surface area contributed by atoms with Gasteiger partial charge in [-0.25, -0.2) is 0 Å². The van der Waals surface area contributed by atoms with Crippen molar-refractivity contribution >= 4 is 11.7 Å². The van der Waals surface area contributed by atoms with Gasteiger partial charge < -0.3 is 16.2 Å². The zero-order valence-corrected chi connectivity index (χ0v) is 7.79. The molecule has 0 saturated carbocycles. The molecule has 6 nitrogen and oxygen atoms in total. The predicted octanol–water partition coefficient (Wildman–Crippen LogP) is -0.506. The lowest BCUT2D eigenvalue weighted by Gasteiger charge is -2.01. The van der Waals surface area contributed by atoms with Crippen LogP contribution in [0.3, 0.4) is 0 Å². The molecular weight excluding hydrogens is 184 g/mol. The van der Waals surface area contributed by atoms with Crippen molar-refractivity contribution in [1.29, 1.82) is 0 Å². The van der Waals surface area contributed by atoms with E-state index in [1.54, 1.807) is 0 Å². The Balaban J connectivity index is 2.29. The van der Waals surface area contributed by atoms with Crippen molar-refractivity contribution in [3.05, 3.63) is 11.8 Å². The average molecular weight is 198 g/mol. The summed E-state index contributed by atoms with van der Waals surface area (Å²) in [4.78, 5) is 11.3. The van der Waals surface area contributed by atoms with Crippen LogP contribution in [0.2, 0.25) is 0 Å². The van der Waals surface area contributed by atoms with Gasteiger partial charge in [-0.1, -0.05) is 0 Å². The minimum absolute atomic E-state index is 0.146.